The first-order chi connectivity index (χ1) is 20.3. The maximum Gasteiger partial charge on any atom is 0.242 e. The van der Waals surface area contributed by atoms with Crippen molar-refractivity contribution in [1.29, 1.82) is 0 Å². The van der Waals surface area contributed by atoms with E-state index in [1.165, 1.54) is 30.9 Å². The number of hydrogen-bond donors (Lipinski definition) is 5. The summed E-state index contributed by atoms with van der Waals surface area (Å²) < 4.78 is 0. The third kappa shape index (κ3) is 12.1. The Morgan fingerprint density at radius 2 is 1.30 bits per heavy atom. The normalized spacial score (nSPS) is 19.0. The first-order valence-corrected chi connectivity index (χ1v) is 14.6. The molecule has 2 aliphatic rings. The lowest BCUT2D eigenvalue weighted by atomic mass is 10.0. The number of nitrogens with zero attached hydrogens (tertiary/aromatic N) is 2. The molecule has 0 spiro atoms. The van der Waals surface area contributed by atoms with Gasteiger partial charge in [-0.3, -0.25) is 48.2 Å². The summed E-state index contributed by atoms with van der Waals surface area (Å²) in [6.45, 7) is 8.05. The van der Waals surface area contributed by atoms with E-state index in [-0.39, 0.29) is 61.3 Å². The molecule has 244 valence electrons. The maximum absolute atomic E-state index is 12.2. The number of likely N-dealkylation sites (tertiary alicyclic amines) is 2. The molecular weight excluding hydrogens is 562 g/mol. The molecule has 0 aromatic rings. The molecular formula is C28H49N7O8. The van der Waals surface area contributed by atoms with Gasteiger partial charge in [-0.2, -0.15) is 0 Å². The van der Waals surface area contributed by atoms with Crippen molar-refractivity contribution in [1.82, 2.24) is 31.1 Å². The van der Waals surface area contributed by atoms with Crippen LogP contribution in [0.15, 0.2) is 0 Å². The molecule has 2 aliphatic heterocycles. The van der Waals surface area contributed by atoms with Gasteiger partial charge in [-0.15, -0.1) is 0 Å². The standard InChI is InChI=1S/C19H31N5O6.C8H13NO2.CH5N/c1-5-24-16(27)9-12(19(24)30)6-7-22-15(26)10-13(18(29)21-4)23-17(28)11(2)8-14(25)20-3;1-3-6-5-7(10)9(4-2)8(6)11;1-2/h11-13H,5-10H2,1-4H3,(H,20,25)(H,21,29)(H,22,26)(H,23,28);6H,3-5H2,1-2H3;2H2,1H3. The molecule has 0 saturated carbocycles. The third-order valence-corrected chi connectivity index (χ3v) is 7.10. The smallest absolute Gasteiger partial charge is 0.242 e. The molecule has 6 N–H and O–H groups in total. The number of amides is 8. The number of carbonyl (C=O) groups excluding carboxylic acids is 8. The minimum atomic E-state index is -1.10. The Bertz CT molecular complexity index is 1020. The number of rotatable bonds is 13. The maximum atomic E-state index is 12.2. The molecule has 0 bridgehead atoms. The fourth-order valence-corrected chi connectivity index (χ4v) is 4.53. The van der Waals surface area contributed by atoms with Crippen LogP contribution >= 0.6 is 0 Å². The summed E-state index contributed by atoms with van der Waals surface area (Å²) in [4.78, 5) is 96.6. The molecule has 0 aliphatic carbocycles. The van der Waals surface area contributed by atoms with Crippen LogP contribution in [0.3, 0.4) is 0 Å². The topological polar surface area (TPSA) is 217 Å². The van der Waals surface area contributed by atoms with Gasteiger partial charge in [0.25, 0.3) is 0 Å². The summed E-state index contributed by atoms with van der Waals surface area (Å²) in [6, 6.07) is -1.10. The Labute approximate surface area is 253 Å². The van der Waals surface area contributed by atoms with Gasteiger partial charge >= 0.3 is 0 Å². The highest BCUT2D eigenvalue weighted by Crippen LogP contribution is 2.22. The van der Waals surface area contributed by atoms with Crippen molar-refractivity contribution in [2.24, 2.45) is 23.5 Å². The molecule has 15 nitrogen and oxygen atoms in total. The summed E-state index contributed by atoms with van der Waals surface area (Å²) in [7, 11) is 4.34. The van der Waals surface area contributed by atoms with Crippen molar-refractivity contribution >= 4 is 47.3 Å². The summed E-state index contributed by atoms with van der Waals surface area (Å²) in [5, 5.41) is 9.91. The lowest BCUT2D eigenvalue weighted by Gasteiger charge is -2.19. The van der Waals surface area contributed by atoms with E-state index in [1.54, 1.807) is 13.8 Å². The van der Waals surface area contributed by atoms with Crippen LogP contribution in [-0.4, -0.2) is 104 Å². The van der Waals surface area contributed by atoms with Crippen molar-refractivity contribution in [3.8, 4) is 0 Å². The van der Waals surface area contributed by atoms with E-state index in [1.807, 2.05) is 13.8 Å². The Balaban J connectivity index is 0.00000112. The number of nitrogens with two attached hydrogens (primary N) is 1. The molecule has 4 atom stereocenters. The van der Waals surface area contributed by atoms with E-state index in [4.69, 9.17) is 0 Å². The predicted octanol–water partition coefficient (Wildman–Crippen LogP) is -1.35. The Morgan fingerprint density at radius 1 is 0.791 bits per heavy atom. The molecule has 15 heteroatoms. The number of hydrogen-bond acceptors (Lipinski definition) is 9. The number of carbonyl (C=O) groups is 8. The second kappa shape index (κ2) is 20.1. The van der Waals surface area contributed by atoms with Crippen LogP contribution in [0, 0.1) is 17.8 Å². The van der Waals surface area contributed by atoms with Crippen molar-refractivity contribution < 1.29 is 38.4 Å². The highest BCUT2D eigenvalue weighted by molar-refractivity contribution is 6.04. The third-order valence-electron chi connectivity index (χ3n) is 7.10. The number of likely N-dealkylation sites (N-methyl/N-ethyl adjacent to an activating group) is 1. The van der Waals surface area contributed by atoms with E-state index in [9.17, 15) is 38.4 Å². The zero-order valence-electron chi connectivity index (χ0n) is 26.4. The van der Waals surface area contributed by atoms with Crippen molar-refractivity contribution in [2.75, 3.05) is 40.8 Å². The molecule has 2 saturated heterocycles. The van der Waals surface area contributed by atoms with Gasteiger partial charge in [-0.25, -0.2) is 0 Å². The molecule has 43 heavy (non-hydrogen) atoms. The van der Waals surface area contributed by atoms with Crippen LogP contribution in [0.5, 0.6) is 0 Å². The molecule has 0 aromatic heterocycles. The van der Waals surface area contributed by atoms with E-state index >= 15 is 0 Å². The van der Waals surface area contributed by atoms with E-state index in [0.717, 1.165) is 6.42 Å². The summed E-state index contributed by atoms with van der Waals surface area (Å²) in [5.41, 5.74) is 4.50. The zero-order valence-corrected chi connectivity index (χ0v) is 26.4. The quantitative estimate of drug-likeness (QED) is 0.155. The van der Waals surface area contributed by atoms with Crippen molar-refractivity contribution in [3.05, 3.63) is 0 Å². The molecule has 2 rings (SSSR count). The van der Waals surface area contributed by atoms with Crippen molar-refractivity contribution in [2.45, 2.75) is 72.3 Å². The van der Waals surface area contributed by atoms with E-state index in [2.05, 4.69) is 27.0 Å². The van der Waals surface area contributed by atoms with Gasteiger partial charge in [-0.1, -0.05) is 13.8 Å². The predicted molar refractivity (Wildman–Crippen MR) is 157 cm³/mol. The largest absolute Gasteiger partial charge is 0.359 e. The SMILES string of the molecule is CCC1CC(=O)N(CC)C1=O.CCN1C(=O)CC(CCNC(=O)CC(NC(=O)C(C)CC(=O)NC)C(=O)NC)C1=O.CN. The minimum absolute atomic E-state index is 0.00986. The fraction of sp³-hybridized carbons (Fsp3) is 0.714. The van der Waals surface area contributed by atoms with E-state index < -0.39 is 35.6 Å². The van der Waals surface area contributed by atoms with Crippen LogP contribution in [-0.2, 0) is 38.4 Å². The zero-order chi connectivity index (χ0) is 33.3. The average Bonchev–Trinajstić information content (AvgIpc) is 3.44. The first kappa shape index (κ1) is 39.1. The Hall–Kier alpha value is -3.88. The van der Waals surface area contributed by atoms with E-state index in [0.29, 0.717) is 25.9 Å². The highest BCUT2D eigenvalue weighted by atomic mass is 16.2. The van der Waals surface area contributed by atoms with Crippen LogP contribution in [0.4, 0.5) is 0 Å². The van der Waals surface area contributed by atoms with Gasteiger partial charge in [0.15, 0.2) is 0 Å². The van der Waals surface area contributed by atoms with Gasteiger partial charge < -0.3 is 27.0 Å². The second-order valence-electron chi connectivity index (χ2n) is 9.96. The first-order valence-electron chi connectivity index (χ1n) is 14.6. The van der Waals surface area contributed by atoms with Gasteiger partial charge in [0.05, 0.1) is 6.42 Å². The van der Waals surface area contributed by atoms with Gasteiger partial charge in [-0.05, 0) is 33.7 Å². The summed E-state index contributed by atoms with van der Waals surface area (Å²) >= 11 is 0. The molecule has 8 amide bonds. The van der Waals surface area contributed by atoms with Gasteiger partial charge in [0.2, 0.25) is 47.3 Å². The van der Waals surface area contributed by atoms with Crippen LogP contribution in [0.1, 0.15) is 66.2 Å². The summed E-state index contributed by atoms with van der Waals surface area (Å²) in [6.07, 6.45) is 1.30. The monoisotopic (exact) mass is 611 g/mol. The minimum Gasteiger partial charge on any atom is -0.359 e. The second-order valence-corrected chi connectivity index (χ2v) is 9.96. The van der Waals surface area contributed by atoms with Gasteiger partial charge in [0, 0.05) is 70.7 Å². The molecule has 0 aromatic carbocycles. The number of nitrogens with one attached hydrogen (secondary N) is 4. The molecule has 2 fully saturated rings. The highest BCUT2D eigenvalue weighted by Gasteiger charge is 2.37. The molecule has 0 radical (unpaired) electrons. The van der Waals surface area contributed by atoms with Crippen molar-refractivity contribution in [3.63, 3.8) is 0 Å². The Kier molecular flexibility index (Phi) is 18.3. The van der Waals surface area contributed by atoms with Gasteiger partial charge in [0.1, 0.15) is 6.04 Å². The number of imide groups is 2. The Morgan fingerprint density at radius 3 is 1.72 bits per heavy atom. The summed E-state index contributed by atoms with van der Waals surface area (Å²) in [5.74, 6) is -3.47. The average molecular weight is 612 g/mol. The van der Waals surface area contributed by atoms with Crippen LogP contribution < -0.4 is 27.0 Å². The van der Waals surface area contributed by atoms with Crippen LogP contribution in [0.2, 0.25) is 0 Å². The van der Waals surface area contributed by atoms with Crippen LogP contribution in [0.25, 0.3) is 0 Å². The molecule has 4 unspecified atom stereocenters. The molecule has 2 heterocycles. The fourth-order valence-electron chi connectivity index (χ4n) is 4.53. The lowest BCUT2D eigenvalue weighted by molar-refractivity contribution is -0.140. The lowest BCUT2D eigenvalue weighted by Crippen LogP contribution is -2.50.